The van der Waals surface area contributed by atoms with Gasteiger partial charge in [-0.2, -0.15) is 0 Å². The quantitative estimate of drug-likeness (QED) is 0.820. The average Bonchev–Trinajstić information content (AvgIpc) is 2.50. The molecule has 0 aliphatic carbocycles. The van der Waals surface area contributed by atoms with Crippen molar-refractivity contribution in [3.8, 4) is 0 Å². The molecule has 2 heteroatoms. The minimum atomic E-state index is -0.388. The van der Waals surface area contributed by atoms with E-state index in [0.29, 0.717) is 11.3 Å². The number of hydrogen-bond donors (Lipinski definition) is 1. The number of aliphatic hydroxyl groups is 1. The van der Waals surface area contributed by atoms with Crippen molar-refractivity contribution >= 4 is 0 Å². The van der Waals surface area contributed by atoms with Crippen molar-refractivity contribution in [2.24, 2.45) is 11.3 Å². The lowest BCUT2D eigenvalue weighted by Crippen LogP contribution is -2.13. The highest BCUT2D eigenvalue weighted by atomic mass is 16.3. The summed E-state index contributed by atoms with van der Waals surface area (Å²) in [7, 11) is 0. The van der Waals surface area contributed by atoms with Crippen molar-refractivity contribution in [1.82, 2.24) is 0 Å². The highest BCUT2D eigenvalue weighted by Gasteiger charge is 2.19. The fourth-order valence-corrected chi connectivity index (χ4v) is 2.11. The number of hydrogen-bond acceptors (Lipinski definition) is 2. The van der Waals surface area contributed by atoms with E-state index in [9.17, 15) is 5.11 Å². The minimum absolute atomic E-state index is 0.329. The molecular formula is C13H22O2. The van der Waals surface area contributed by atoms with Gasteiger partial charge in [0.05, 0.1) is 18.6 Å². The molecule has 0 saturated heterocycles. The Morgan fingerprint density at radius 2 is 2.07 bits per heavy atom. The summed E-state index contributed by atoms with van der Waals surface area (Å²) in [4.78, 5) is 0. The summed E-state index contributed by atoms with van der Waals surface area (Å²) in [5, 5.41) is 9.92. The smallest absolute Gasteiger partial charge is 0.0960 e. The summed E-state index contributed by atoms with van der Waals surface area (Å²) >= 11 is 0. The second-order valence-corrected chi connectivity index (χ2v) is 5.68. The summed E-state index contributed by atoms with van der Waals surface area (Å²) < 4.78 is 4.96. The molecule has 2 unspecified atom stereocenters. The lowest BCUT2D eigenvalue weighted by Gasteiger charge is -2.24. The van der Waals surface area contributed by atoms with Crippen molar-refractivity contribution < 1.29 is 9.52 Å². The van der Waals surface area contributed by atoms with Gasteiger partial charge in [-0.25, -0.2) is 0 Å². The Morgan fingerprint density at radius 1 is 1.40 bits per heavy atom. The molecule has 0 amide bonds. The van der Waals surface area contributed by atoms with E-state index in [-0.39, 0.29) is 6.10 Å². The third-order valence-corrected chi connectivity index (χ3v) is 2.51. The van der Waals surface area contributed by atoms with Crippen LogP contribution in [-0.2, 0) is 0 Å². The van der Waals surface area contributed by atoms with Crippen LogP contribution >= 0.6 is 0 Å². The molecule has 0 spiro atoms. The van der Waals surface area contributed by atoms with Gasteiger partial charge in [0.25, 0.3) is 0 Å². The first kappa shape index (κ1) is 12.3. The predicted octanol–water partition coefficient (Wildman–Crippen LogP) is 3.78. The van der Waals surface area contributed by atoms with Gasteiger partial charge in [0, 0.05) is 5.56 Å². The highest BCUT2D eigenvalue weighted by Crippen LogP contribution is 2.30. The van der Waals surface area contributed by atoms with Crippen LogP contribution in [0.2, 0.25) is 0 Å². The molecule has 2 atom stereocenters. The summed E-state index contributed by atoms with van der Waals surface area (Å²) in [6.07, 6.45) is 4.77. The van der Waals surface area contributed by atoms with E-state index in [1.54, 1.807) is 12.5 Å². The standard InChI is InChI=1S/C13H22O2/c1-10(8-13(2,3)4)7-12(14)11-5-6-15-9-11/h5-6,9-10,12,14H,7-8H2,1-4H3. The van der Waals surface area contributed by atoms with Gasteiger partial charge < -0.3 is 9.52 Å². The molecular weight excluding hydrogens is 188 g/mol. The van der Waals surface area contributed by atoms with Gasteiger partial charge in [0.15, 0.2) is 0 Å². The van der Waals surface area contributed by atoms with Gasteiger partial charge in [-0.3, -0.25) is 0 Å². The van der Waals surface area contributed by atoms with Gasteiger partial charge in [0.2, 0.25) is 0 Å². The maximum absolute atomic E-state index is 9.92. The SMILES string of the molecule is CC(CC(O)c1ccoc1)CC(C)(C)C. The maximum Gasteiger partial charge on any atom is 0.0960 e. The van der Waals surface area contributed by atoms with E-state index in [1.807, 2.05) is 6.07 Å². The second-order valence-electron chi connectivity index (χ2n) is 5.68. The van der Waals surface area contributed by atoms with Gasteiger partial charge in [-0.15, -0.1) is 0 Å². The van der Waals surface area contributed by atoms with Crippen LogP contribution in [0.4, 0.5) is 0 Å². The summed E-state index contributed by atoms with van der Waals surface area (Å²) in [5.41, 5.74) is 1.21. The molecule has 0 saturated carbocycles. The monoisotopic (exact) mass is 210 g/mol. The van der Waals surface area contributed by atoms with Gasteiger partial charge in [-0.1, -0.05) is 27.7 Å². The third kappa shape index (κ3) is 4.52. The van der Waals surface area contributed by atoms with Crippen LogP contribution in [0.5, 0.6) is 0 Å². The molecule has 0 aromatic carbocycles. The Balaban J connectivity index is 2.42. The van der Waals surface area contributed by atoms with Gasteiger partial charge >= 0.3 is 0 Å². The Kier molecular flexibility index (Phi) is 3.97. The predicted molar refractivity (Wildman–Crippen MR) is 61.5 cm³/mol. The van der Waals surface area contributed by atoms with Crippen molar-refractivity contribution in [2.75, 3.05) is 0 Å². The van der Waals surface area contributed by atoms with Crippen LogP contribution in [-0.4, -0.2) is 5.11 Å². The Morgan fingerprint density at radius 3 is 2.53 bits per heavy atom. The molecule has 1 heterocycles. The summed E-state index contributed by atoms with van der Waals surface area (Å²) in [6, 6.07) is 1.83. The van der Waals surface area contributed by atoms with E-state index in [2.05, 4.69) is 27.7 Å². The first-order valence-electron chi connectivity index (χ1n) is 5.58. The topological polar surface area (TPSA) is 33.4 Å². The lowest BCUT2D eigenvalue weighted by molar-refractivity contribution is 0.133. The molecule has 0 radical (unpaired) electrons. The zero-order chi connectivity index (χ0) is 11.5. The van der Waals surface area contributed by atoms with Crippen molar-refractivity contribution in [3.63, 3.8) is 0 Å². The van der Waals surface area contributed by atoms with E-state index >= 15 is 0 Å². The van der Waals surface area contributed by atoms with Crippen LogP contribution in [0.1, 0.15) is 52.2 Å². The zero-order valence-electron chi connectivity index (χ0n) is 10.2. The maximum atomic E-state index is 9.92. The molecule has 1 rings (SSSR count). The number of aliphatic hydroxyl groups excluding tert-OH is 1. The first-order valence-corrected chi connectivity index (χ1v) is 5.58. The summed E-state index contributed by atoms with van der Waals surface area (Å²) in [6.45, 7) is 8.88. The van der Waals surface area contributed by atoms with E-state index in [0.717, 1.165) is 18.4 Å². The van der Waals surface area contributed by atoms with Crippen molar-refractivity contribution in [2.45, 2.75) is 46.6 Å². The molecule has 0 bridgehead atoms. The van der Waals surface area contributed by atoms with Crippen molar-refractivity contribution in [3.05, 3.63) is 24.2 Å². The fraction of sp³-hybridized carbons (Fsp3) is 0.692. The van der Waals surface area contributed by atoms with Crippen molar-refractivity contribution in [1.29, 1.82) is 0 Å². The Labute approximate surface area is 92.3 Å². The lowest BCUT2D eigenvalue weighted by atomic mass is 9.83. The van der Waals surface area contributed by atoms with Crippen LogP contribution in [0.3, 0.4) is 0 Å². The van der Waals surface area contributed by atoms with E-state index < -0.39 is 0 Å². The number of rotatable bonds is 4. The van der Waals surface area contributed by atoms with E-state index in [1.165, 1.54) is 0 Å². The normalized spacial score (nSPS) is 16.3. The average molecular weight is 210 g/mol. The molecule has 0 fully saturated rings. The molecule has 15 heavy (non-hydrogen) atoms. The van der Waals surface area contributed by atoms with Crippen LogP contribution < -0.4 is 0 Å². The second kappa shape index (κ2) is 4.84. The molecule has 1 aromatic rings. The first-order chi connectivity index (χ1) is 6.88. The molecule has 0 aliphatic heterocycles. The third-order valence-electron chi connectivity index (χ3n) is 2.51. The zero-order valence-corrected chi connectivity index (χ0v) is 10.2. The number of furan rings is 1. The Bertz CT molecular complexity index is 269. The molecule has 0 aliphatic rings. The minimum Gasteiger partial charge on any atom is -0.472 e. The molecule has 1 N–H and O–H groups in total. The highest BCUT2D eigenvalue weighted by molar-refractivity contribution is 5.08. The van der Waals surface area contributed by atoms with Crippen LogP contribution in [0, 0.1) is 11.3 Å². The van der Waals surface area contributed by atoms with Crippen LogP contribution in [0.15, 0.2) is 23.0 Å². The molecule has 1 aromatic heterocycles. The Hall–Kier alpha value is -0.760. The largest absolute Gasteiger partial charge is 0.472 e. The van der Waals surface area contributed by atoms with Gasteiger partial charge in [-0.05, 0) is 30.2 Å². The summed E-state index contributed by atoms with van der Waals surface area (Å²) in [5.74, 6) is 0.523. The van der Waals surface area contributed by atoms with E-state index in [4.69, 9.17) is 4.42 Å². The fourth-order valence-electron chi connectivity index (χ4n) is 2.11. The molecule has 2 nitrogen and oxygen atoms in total. The van der Waals surface area contributed by atoms with Crippen LogP contribution in [0.25, 0.3) is 0 Å². The molecule has 86 valence electrons. The van der Waals surface area contributed by atoms with Gasteiger partial charge in [0.1, 0.15) is 0 Å².